The topological polar surface area (TPSA) is 64.3 Å². The molecule has 5 nitrogen and oxygen atoms in total. The standard InChI is InChI=1S/C13H16N4O/c1-17(13-12(14)15-7-8-16-13)9-10-3-5-11(18-2)6-4-10/h3-8H,9H2,1-2H3,(H2,14,15). The van der Waals surface area contributed by atoms with Gasteiger partial charge in [0.1, 0.15) is 5.75 Å². The number of ether oxygens (including phenoxy) is 1. The minimum absolute atomic E-state index is 0.438. The highest BCUT2D eigenvalue weighted by Gasteiger charge is 2.07. The Balaban J connectivity index is 2.11. The molecule has 18 heavy (non-hydrogen) atoms. The lowest BCUT2D eigenvalue weighted by Gasteiger charge is -2.19. The van der Waals surface area contributed by atoms with E-state index in [1.165, 1.54) is 0 Å². The van der Waals surface area contributed by atoms with Crippen molar-refractivity contribution in [3.8, 4) is 5.75 Å². The molecule has 0 aliphatic carbocycles. The number of hydrogen-bond acceptors (Lipinski definition) is 5. The highest BCUT2D eigenvalue weighted by Crippen LogP contribution is 2.18. The monoisotopic (exact) mass is 244 g/mol. The van der Waals surface area contributed by atoms with Gasteiger partial charge < -0.3 is 15.4 Å². The molecule has 0 saturated carbocycles. The Labute approximate surface area is 106 Å². The normalized spacial score (nSPS) is 10.1. The van der Waals surface area contributed by atoms with Crippen LogP contribution < -0.4 is 15.4 Å². The van der Waals surface area contributed by atoms with Crippen LogP contribution >= 0.6 is 0 Å². The molecule has 0 radical (unpaired) electrons. The third-order valence-electron chi connectivity index (χ3n) is 2.65. The predicted octanol–water partition coefficient (Wildman–Crippen LogP) is 1.70. The van der Waals surface area contributed by atoms with E-state index in [0.717, 1.165) is 11.3 Å². The molecule has 0 atom stereocenters. The molecule has 2 rings (SSSR count). The maximum Gasteiger partial charge on any atom is 0.171 e. The smallest absolute Gasteiger partial charge is 0.171 e. The minimum Gasteiger partial charge on any atom is -0.497 e. The van der Waals surface area contributed by atoms with Crippen molar-refractivity contribution in [2.75, 3.05) is 24.8 Å². The Morgan fingerprint density at radius 1 is 1.17 bits per heavy atom. The Morgan fingerprint density at radius 2 is 1.83 bits per heavy atom. The Hall–Kier alpha value is -2.30. The first kappa shape index (κ1) is 12.2. The van der Waals surface area contributed by atoms with Gasteiger partial charge in [-0.1, -0.05) is 12.1 Å². The van der Waals surface area contributed by atoms with Crippen molar-refractivity contribution >= 4 is 11.6 Å². The van der Waals surface area contributed by atoms with Crippen molar-refractivity contribution in [1.82, 2.24) is 9.97 Å². The quantitative estimate of drug-likeness (QED) is 0.886. The molecule has 0 aliphatic rings. The van der Waals surface area contributed by atoms with Crippen molar-refractivity contribution in [3.63, 3.8) is 0 Å². The molecule has 0 amide bonds. The van der Waals surface area contributed by atoms with Gasteiger partial charge in [-0.05, 0) is 17.7 Å². The van der Waals surface area contributed by atoms with Crippen LogP contribution in [0.2, 0.25) is 0 Å². The maximum atomic E-state index is 5.79. The van der Waals surface area contributed by atoms with Gasteiger partial charge in [0.2, 0.25) is 0 Å². The van der Waals surface area contributed by atoms with Crippen LogP contribution in [0, 0.1) is 0 Å². The summed E-state index contributed by atoms with van der Waals surface area (Å²) in [5, 5.41) is 0. The third-order valence-corrected chi connectivity index (χ3v) is 2.65. The van der Waals surface area contributed by atoms with Crippen LogP contribution in [0.25, 0.3) is 0 Å². The summed E-state index contributed by atoms with van der Waals surface area (Å²) in [4.78, 5) is 10.2. The first-order valence-electron chi connectivity index (χ1n) is 5.61. The first-order valence-corrected chi connectivity index (χ1v) is 5.61. The molecule has 0 unspecified atom stereocenters. The molecule has 1 heterocycles. The number of aromatic nitrogens is 2. The molecule has 0 spiro atoms. The second-order valence-corrected chi connectivity index (χ2v) is 3.97. The van der Waals surface area contributed by atoms with E-state index in [0.29, 0.717) is 18.2 Å². The van der Waals surface area contributed by atoms with Crippen LogP contribution in [0.4, 0.5) is 11.6 Å². The lowest BCUT2D eigenvalue weighted by atomic mass is 10.2. The number of nitrogens with zero attached hydrogens (tertiary/aromatic N) is 3. The first-order chi connectivity index (χ1) is 8.70. The van der Waals surface area contributed by atoms with E-state index >= 15 is 0 Å². The predicted molar refractivity (Wildman–Crippen MR) is 71.5 cm³/mol. The number of hydrogen-bond donors (Lipinski definition) is 1. The second kappa shape index (κ2) is 5.35. The summed E-state index contributed by atoms with van der Waals surface area (Å²) < 4.78 is 5.12. The molecule has 0 aliphatic heterocycles. The minimum atomic E-state index is 0.438. The summed E-state index contributed by atoms with van der Waals surface area (Å²) in [5.74, 6) is 1.97. The van der Waals surface area contributed by atoms with Gasteiger partial charge in [0, 0.05) is 26.0 Å². The molecule has 1 aromatic carbocycles. The molecule has 0 saturated heterocycles. The number of nitrogen functional groups attached to an aromatic ring is 1. The Morgan fingerprint density at radius 3 is 2.44 bits per heavy atom. The average Bonchev–Trinajstić information content (AvgIpc) is 2.40. The summed E-state index contributed by atoms with van der Waals surface area (Å²) in [6, 6.07) is 7.90. The summed E-state index contributed by atoms with van der Waals surface area (Å²) in [7, 11) is 3.59. The fourth-order valence-electron chi connectivity index (χ4n) is 1.72. The van der Waals surface area contributed by atoms with E-state index in [1.807, 2.05) is 36.2 Å². The van der Waals surface area contributed by atoms with Gasteiger partial charge in [-0.3, -0.25) is 0 Å². The lowest BCUT2D eigenvalue weighted by molar-refractivity contribution is 0.414. The summed E-state index contributed by atoms with van der Waals surface area (Å²) >= 11 is 0. The van der Waals surface area contributed by atoms with Gasteiger partial charge in [-0.25, -0.2) is 9.97 Å². The van der Waals surface area contributed by atoms with Crippen molar-refractivity contribution < 1.29 is 4.74 Å². The molecule has 1 aromatic heterocycles. The van der Waals surface area contributed by atoms with Crippen molar-refractivity contribution in [2.24, 2.45) is 0 Å². The zero-order chi connectivity index (χ0) is 13.0. The zero-order valence-electron chi connectivity index (χ0n) is 10.5. The van der Waals surface area contributed by atoms with Crippen LogP contribution in [0.3, 0.4) is 0 Å². The van der Waals surface area contributed by atoms with Crippen LogP contribution in [-0.4, -0.2) is 24.1 Å². The summed E-state index contributed by atoms with van der Waals surface area (Å²) in [6.07, 6.45) is 3.22. The number of nitrogens with two attached hydrogens (primary N) is 1. The van der Waals surface area contributed by atoms with Gasteiger partial charge in [0.25, 0.3) is 0 Å². The summed E-state index contributed by atoms with van der Waals surface area (Å²) in [6.45, 7) is 0.715. The van der Waals surface area contributed by atoms with Gasteiger partial charge in [0.05, 0.1) is 7.11 Å². The number of benzene rings is 1. The van der Waals surface area contributed by atoms with Crippen molar-refractivity contribution in [2.45, 2.75) is 6.54 Å². The molecule has 2 aromatic rings. The third kappa shape index (κ3) is 2.68. The SMILES string of the molecule is COc1ccc(CN(C)c2nccnc2N)cc1. The highest BCUT2D eigenvalue weighted by atomic mass is 16.5. The molecule has 0 fully saturated rings. The maximum absolute atomic E-state index is 5.79. The molecule has 5 heteroatoms. The van der Waals surface area contributed by atoms with Crippen molar-refractivity contribution in [1.29, 1.82) is 0 Å². The van der Waals surface area contributed by atoms with E-state index in [4.69, 9.17) is 10.5 Å². The van der Waals surface area contributed by atoms with Crippen LogP contribution in [0.5, 0.6) is 5.75 Å². The molecular weight excluding hydrogens is 228 g/mol. The van der Waals surface area contributed by atoms with Gasteiger partial charge in [0.15, 0.2) is 11.6 Å². The van der Waals surface area contributed by atoms with Gasteiger partial charge >= 0.3 is 0 Å². The Bertz CT molecular complexity index is 513. The van der Waals surface area contributed by atoms with E-state index in [-0.39, 0.29) is 0 Å². The van der Waals surface area contributed by atoms with E-state index in [1.54, 1.807) is 19.5 Å². The van der Waals surface area contributed by atoms with E-state index < -0.39 is 0 Å². The van der Waals surface area contributed by atoms with Crippen LogP contribution in [-0.2, 0) is 6.54 Å². The largest absolute Gasteiger partial charge is 0.497 e. The molecule has 0 bridgehead atoms. The zero-order valence-corrected chi connectivity index (χ0v) is 10.5. The fourth-order valence-corrected chi connectivity index (χ4v) is 1.72. The number of rotatable bonds is 4. The molecule has 2 N–H and O–H groups in total. The van der Waals surface area contributed by atoms with Crippen LogP contribution in [0.15, 0.2) is 36.7 Å². The summed E-state index contributed by atoms with van der Waals surface area (Å²) in [5.41, 5.74) is 6.94. The van der Waals surface area contributed by atoms with E-state index in [2.05, 4.69) is 9.97 Å². The lowest BCUT2D eigenvalue weighted by Crippen LogP contribution is -2.19. The Kier molecular flexibility index (Phi) is 3.62. The van der Waals surface area contributed by atoms with Gasteiger partial charge in [-0.2, -0.15) is 0 Å². The number of methoxy groups -OCH3 is 1. The van der Waals surface area contributed by atoms with E-state index in [9.17, 15) is 0 Å². The number of anilines is 2. The molecule has 94 valence electrons. The molecular formula is C13H16N4O. The highest BCUT2D eigenvalue weighted by molar-refractivity contribution is 5.56. The van der Waals surface area contributed by atoms with Gasteiger partial charge in [-0.15, -0.1) is 0 Å². The average molecular weight is 244 g/mol. The second-order valence-electron chi connectivity index (χ2n) is 3.97. The fraction of sp³-hybridized carbons (Fsp3) is 0.231. The van der Waals surface area contributed by atoms with Crippen LogP contribution in [0.1, 0.15) is 5.56 Å². The van der Waals surface area contributed by atoms with Crippen molar-refractivity contribution in [3.05, 3.63) is 42.2 Å².